The lowest BCUT2D eigenvalue weighted by Crippen LogP contribution is -2.03. The molecule has 0 unspecified atom stereocenters. The molecule has 0 aliphatic carbocycles. The number of carbonyl (C=O) groups is 1. The van der Waals surface area contributed by atoms with Gasteiger partial charge < -0.3 is 5.73 Å². The van der Waals surface area contributed by atoms with Gasteiger partial charge in [0.05, 0.1) is 5.56 Å². The molecule has 3 nitrogen and oxygen atoms in total. The first-order chi connectivity index (χ1) is 6.06. The van der Waals surface area contributed by atoms with Crippen LogP contribution in [0, 0.1) is 0 Å². The smallest absolute Gasteiger partial charge is 0.268 e. The van der Waals surface area contributed by atoms with Crippen LogP contribution in [0.5, 0.6) is 0 Å². The average Bonchev–Trinajstić information content (AvgIpc) is 2.01. The topological polar surface area (TPSA) is 56.0 Å². The molecular formula is C7H5ClF2N2O. The molecule has 0 radical (unpaired) electrons. The number of hydrogen-bond acceptors (Lipinski definition) is 3. The maximum Gasteiger partial charge on any atom is 0.268 e. The highest BCUT2D eigenvalue weighted by Crippen LogP contribution is 2.28. The van der Waals surface area contributed by atoms with E-state index in [-0.39, 0.29) is 17.0 Å². The Morgan fingerprint density at radius 2 is 2.23 bits per heavy atom. The number of alkyl halides is 2. The Hall–Kier alpha value is -1.23. The van der Waals surface area contributed by atoms with E-state index < -0.39 is 17.8 Å². The van der Waals surface area contributed by atoms with Gasteiger partial charge in [-0.2, -0.15) is 0 Å². The van der Waals surface area contributed by atoms with E-state index in [1.807, 2.05) is 0 Å². The van der Waals surface area contributed by atoms with Gasteiger partial charge in [-0.1, -0.05) is 11.6 Å². The number of nitrogens with two attached hydrogens (primary N) is 1. The van der Waals surface area contributed by atoms with Crippen LogP contribution in [-0.2, 0) is 0 Å². The van der Waals surface area contributed by atoms with Crippen LogP contribution in [-0.4, -0.2) is 11.3 Å². The van der Waals surface area contributed by atoms with Gasteiger partial charge in [0.25, 0.3) is 6.43 Å². The molecule has 70 valence electrons. The minimum atomic E-state index is -2.83. The van der Waals surface area contributed by atoms with Gasteiger partial charge in [0.1, 0.15) is 11.0 Å². The molecule has 0 aliphatic heterocycles. The van der Waals surface area contributed by atoms with Gasteiger partial charge in [0.2, 0.25) is 0 Å². The first-order valence-corrected chi connectivity index (χ1v) is 3.63. The van der Waals surface area contributed by atoms with Crippen molar-refractivity contribution in [1.82, 2.24) is 4.98 Å². The van der Waals surface area contributed by atoms with Crippen LogP contribution in [0.4, 0.5) is 14.6 Å². The average molecular weight is 207 g/mol. The summed E-state index contributed by atoms with van der Waals surface area (Å²) in [4.78, 5) is 13.8. The van der Waals surface area contributed by atoms with Crippen molar-refractivity contribution >= 4 is 23.7 Å². The van der Waals surface area contributed by atoms with Gasteiger partial charge in [-0.25, -0.2) is 13.8 Å². The molecular weight excluding hydrogens is 202 g/mol. The monoisotopic (exact) mass is 206 g/mol. The van der Waals surface area contributed by atoms with Crippen LogP contribution in [0.1, 0.15) is 22.3 Å². The molecule has 0 atom stereocenters. The van der Waals surface area contributed by atoms with E-state index in [9.17, 15) is 13.6 Å². The third-order valence-corrected chi connectivity index (χ3v) is 1.63. The molecule has 0 aromatic carbocycles. The number of aromatic nitrogens is 1. The predicted octanol–water partition coefficient (Wildman–Crippen LogP) is 2.07. The van der Waals surface area contributed by atoms with Crippen LogP contribution in [0.2, 0.25) is 5.15 Å². The zero-order valence-corrected chi connectivity index (χ0v) is 7.05. The molecule has 1 aromatic rings. The van der Waals surface area contributed by atoms with Crippen molar-refractivity contribution in [2.45, 2.75) is 6.43 Å². The molecule has 0 aliphatic rings. The number of aldehydes is 1. The highest BCUT2D eigenvalue weighted by atomic mass is 35.5. The SMILES string of the molecule is Nc1nc(Cl)cc(C=O)c1C(F)F. The second kappa shape index (κ2) is 3.66. The number of hydrogen-bond donors (Lipinski definition) is 1. The third-order valence-electron chi connectivity index (χ3n) is 1.43. The number of nitrogen functional groups attached to an aromatic ring is 1. The Kier molecular flexibility index (Phi) is 2.77. The predicted molar refractivity (Wildman–Crippen MR) is 44.0 cm³/mol. The Balaban J connectivity index is 3.38. The number of pyridine rings is 1. The van der Waals surface area contributed by atoms with Crippen molar-refractivity contribution in [3.63, 3.8) is 0 Å². The Morgan fingerprint density at radius 3 is 2.69 bits per heavy atom. The Labute approximate surface area is 77.5 Å². The Morgan fingerprint density at radius 1 is 1.62 bits per heavy atom. The number of anilines is 1. The minimum Gasteiger partial charge on any atom is -0.383 e. The van der Waals surface area contributed by atoms with E-state index in [4.69, 9.17) is 17.3 Å². The minimum absolute atomic E-state index is 0.0796. The van der Waals surface area contributed by atoms with Crippen LogP contribution < -0.4 is 5.73 Å². The lowest BCUT2D eigenvalue weighted by Gasteiger charge is -2.06. The molecule has 2 N–H and O–H groups in total. The van der Waals surface area contributed by atoms with Gasteiger partial charge >= 0.3 is 0 Å². The fourth-order valence-electron chi connectivity index (χ4n) is 0.897. The second-order valence-electron chi connectivity index (χ2n) is 2.25. The number of nitrogens with zero attached hydrogens (tertiary/aromatic N) is 1. The van der Waals surface area contributed by atoms with E-state index in [0.29, 0.717) is 0 Å². The zero-order chi connectivity index (χ0) is 10.0. The largest absolute Gasteiger partial charge is 0.383 e. The van der Waals surface area contributed by atoms with Crippen molar-refractivity contribution in [2.75, 3.05) is 5.73 Å². The summed E-state index contributed by atoms with van der Waals surface area (Å²) in [5, 5.41) is -0.0796. The van der Waals surface area contributed by atoms with E-state index in [0.717, 1.165) is 6.07 Å². The lowest BCUT2D eigenvalue weighted by molar-refractivity contribution is 0.110. The van der Waals surface area contributed by atoms with Crippen molar-refractivity contribution in [3.05, 3.63) is 22.3 Å². The molecule has 13 heavy (non-hydrogen) atoms. The summed E-state index contributed by atoms with van der Waals surface area (Å²) in [6.07, 6.45) is -2.56. The summed E-state index contributed by atoms with van der Waals surface area (Å²) >= 11 is 5.41. The third kappa shape index (κ3) is 1.92. The van der Waals surface area contributed by atoms with Crippen LogP contribution in [0.15, 0.2) is 6.07 Å². The van der Waals surface area contributed by atoms with Crippen molar-refractivity contribution in [1.29, 1.82) is 0 Å². The molecule has 0 spiro atoms. The van der Waals surface area contributed by atoms with E-state index in [1.165, 1.54) is 0 Å². The van der Waals surface area contributed by atoms with Gasteiger partial charge in [-0.3, -0.25) is 4.79 Å². The van der Waals surface area contributed by atoms with E-state index in [1.54, 1.807) is 0 Å². The summed E-state index contributed by atoms with van der Waals surface area (Å²) in [6, 6.07) is 1.05. The summed E-state index contributed by atoms with van der Waals surface area (Å²) < 4.78 is 24.6. The van der Waals surface area contributed by atoms with Crippen LogP contribution in [0.3, 0.4) is 0 Å². The summed E-state index contributed by atoms with van der Waals surface area (Å²) in [5.74, 6) is -0.412. The summed E-state index contributed by atoms with van der Waals surface area (Å²) in [7, 11) is 0. The molecule has 0 amide bonds. The highest BCUT2D eigenvalue weighted by Gasteiger charge is 2.18. The molecule has 1 rings (SSSR count). The summed E-state index contributed by atoms with van der Waals surface area (Å²) in [6.45, 7) is 0. The van der Waals surface area contributed by atoms with Gasteiger partial charge in [-0.05, 0) is 6.07 Å². The zero-order valence-electron chi connectivity index (χ0n) is 6.30. The van der Waals surface area contributed by atoms with Gasteiger partial charge in [0, 0.05) is 5.56 Å². The van der Waals surface area contributed by atoms with Crippen LogP contribution in [0.25, 0.3) is 0 Å². The molecule has 0 saturated heterocycles. The van der Waals surface area contributed by atoms with Gasteiger partial charge in [0.15, 0.2) is 6.29 Å². The molecule has 6 heteroatoms. The van der Waals surface area contributed by atoms with Crippen molar-refractivity contribution in [3.8, 4) is 0 Å². The van der Waals surface area contributed by atoms with Crippen molar-refractivity contribution < 1.29 is 13.6 Å². The number of carbonyl (C=O) groups excluding carboxylic acids is 1. The lowest BCUT2D eigenvalue weighted by atomic mass is 10.1. The molecule has 0 bridgehead atoms. The fourth-order valence-corrected chi connectivity index (χ4v) is 1.11. The standard InChI is InChI=1S/C7H5ClF2N2O/c8-4-1-3(2-13)5(6(9)10)7(11)12-4/h1-2,6H,(H2,11,12). The molecule has 1 heterocycles. The second-order valence-corrected chi connectivity index (χ2v) is 2.64. The normalized spacial score (nSPS) is 10.5. The maximum absolute atomic E-state index is 12.3. The van der Waals surface area contributed by atoms with E-state index in [2.05, 4.69) is 4.98 Å². The quantitative estimate of drug-likeness (QED) is 0.595. The summed E-state index contributed by atoms with van der Waals surface area (Å²) in [5.41, 5.74) is 4.37. The number of rotatable bonds is 2. The van der Waals surface area contributed by atoms with Gasteiger partial charge in [-0.15, -0.1) is 0 Å². The van der Waals surface area contributed by atoms with E-state index >= 15 is 0 Å². The fraction of sp³-hybridized carbons (Fsp3) is 0.143. The maximum atomic E-state index is 12.3. The Bertz CT molecular complexity index is 344. The van der Waals surface area contributed by atoms with Crippen molar-refractivity contribution in [2.24, 2.45) is 0 Å². The number of halogens is 3. The highest BCUT2D eigenvalue weighted by molar-refractivity contribution is 6.29. The van der Waals surface area contributed by atoms with Crippen LogP contribution >= 0.6 is 11.6 Å². The first-order valence-electron chi connectivity index (χ1n) is 3.25. The molecule has 1 aromatic heterocycles. The first kappa shape index (κ1) is 9.85. The molecule has 0 saturated carbocycles. The molecule has 0 fully saturated rings.